The minimum atomic E-state index is -3.77. The van der Waals surface area contributed by atoms with Crippen molar-refractivity contribution >= 4 is 43.2 Å². The molecule has 8 heteroatoms. The SMILES string of the molecule is CC(=O)c1ccc(S(=O)(=O)Nc2cccc(-c3nc4cccnc4s3)c2)cc1. The van der Waals surface area contributed by atoms with Crippen molar-refractivity contribution in [1.29, 1.82) is 0 Å². The Bertz CT molecular complexity index is 1250. The number of ketones is 1. The molecular formula is C20H15N3O3S2. The van der Waals surface area contributed by atoms with Gasteiger partial charge in [0.1, 0.15) is 15.4 Å². The molecule has 1 N–H and O–H groups in total. The summed E-state index contributed by atoms with van der Waals surface area (Å²) < 4.78 is 27.9. The number of nitrogens with zero attached hydrogens (tertiary/aromatic N) is 2. The molecule has 0 aliphatic heterocycles. The van der Waals surface area contributed by atoms with E-state index in [0.717, 1.165) is 20.9 Å². The van der Waals surface area contributed by atoms with Gasteiger partial charge in [-0.2, -0.15) is 0 Å². The molecule has 0 unspecified atom stereocenters. The van der Waals surface area contributed by atoms with E-state index < -0.39 is 10.0 Å². The molecule has 0 fully saturated rings. The van der Waals surface area contributed by atoms with Crippen LogP contribution in [-0.2, 0) is 10.0 Å². The lowest BCUT2D eigenvalue weighted by Crippen LogP contribution is -2.13. The third-order valence-electron chi connectivity index (χ3n) is 4.10. The van der Waals surface area contributed by atoms with Gasteiger partial charge in [-0.3, -0.25) is 9.52 Å². The first-order chi connectivity index (χ1) is 13.4. The molecule has 0 aliphatic carbocycles. The van der Waals surface area contributed by atoms with E-state index >= 15 is 0 Å². The molecule has 0 saturated carbocycles. The molecule has 4 rings (SSSR count). The van der Waals surface area contributed by atoms with Gasteiger partial charge in [-0.25, -0.2) is 18.4 Å². The standard InChI is InChI=1S/C20H15N3O3S2/c1-13(24)14-7-9-17(10-8-14)28(25,26)23-16-5-2-4-15(12-16)19-22-18-6-3-11-21-20(18)27-19/h2-12,23H,1H3. The molecule has 4 aromatic rings. The largest absolute Gasteiger partial charge is 0.295 e. The Labute approximate surface area is 166 Å². The summed E-state index contributed by atoms with van der Waals surface area (Å²) in [6.07, 6.45) is 1.71. The number of rotatable bonds is 5. The molecule has 2 aromatic carbocycles. The van der Waals surface area contributed by atoms with Gasteiger partial charge in [-0.15, -0.1) is 0 Å². The third-order valence-corrected chi connectivity index (χ3v) is 6.52. The number of carbonyl (C=O) groups is 1. The number of aromatic nitrogens is 2. The topological polar surface area (TPSA) is 89.0 Å². The monoisotopic (exact) mass is 409 g/mol. The minimum Gasteiger partial charge on any atom is -0.295 e. The van der Waals surface area contributed by atoms with E-state index in [9.17, 15) is 13.2 Å². The highest BCUT2D eigenvalue weighted by Crippen LogP contribution is 2.30. The second-order valence-corrected chi connectivity index (χ2v) is 8.77. The van der Waals surface area contributed by atoms with Crippen molar-refractivity contribution in [2.24, 2.45) is 0 Å². The molecule has 0 amide bonds. The van der Waals surface area contributed by atoms with E-state index in [1.54, 1.807) is 24.4 Å². The van der Waals surface area contributed by atoms with E-state index in [2.05, 4.69) is 14.7 Å². The van der Waals surface area contributed by atoms with E-state index in [4.69, 9.17) is 0 Å². The highest BCUT2D eigenvalue weighted by molar-refractivity contribution is 7.92. The number of sulfonamides is 1. The number of carbonyl (C=O) groups excluding carboxylic acids is 1. The number of anilines is 1. The summed E-state index contributed by atoms with van der Waals surface area (Å²) in [6, 6.07) is 16.6. The van der Waals surface area contributed by atoms with Gasteiger partial charge in [0, 0.05) is 23.0 Å². The van der Waals surface area contributed by atoms with E-state index in [1.807, 2.05) is 18.2 Å². The molecule has 6 nitrogen and oxygen atoms in total. The average molecular weight is 409 g/mol. The molecule has 0 radical (unpaired) electrons. The Kier molecular flexibility index (Phi) is 4.66. The second kappa shape index (κ2) is 7.14. The highest BCUT2D eigenvalue weighted by atomic mass is 32.2. The first-order valence-corrected chi connectivity index (χ1v) is 10.7. The summed E-state index contributed by atoms with van der Waals surface area (Å²) in [6.45, 7) is 1.44. The molecular weight excluding hydrogens is 394 g/mol. The smallest absolute Gasteiger partial charge is 0.261 e. The van der Waals surface area contributed by atoms with E-state index in [0.29, 0.717) is 11.3 Å². The Morgan fingerprint density at radius 2 is 1.82 bits per heavy atom. The van der Waals surface area contributed by atoms with Crippen LogP contribution in [-0.4, -0.2) is 24.2 Å². The quantitative estimate of drug-likeness (QED) is 0.495. The predicted molar refractivity (Wildman–Crippen MR) is 110 cm³/mol. The van der Waals surface area contributed by atoms with Crippen LogP contribution >= 0.6 is 11.3 Å². The fourth-order valence-corrected chi connectivity index (χ4v) is 4.65. The average Bonchev–Trinajstić information content (AvgIpc) is 3.12. The Balaban J connectivity index is 1.63. The maximum absolute atomic E-state index is 12.7. The number of Topliss-reactive ketones (excluding diaryl/α,β-unsaturated/α-hetero) is 1. The number of hydrogen-bond acceptors (Lipinski definition) is 6. The van der Waals surface area contributed by atoms with Crippen molar-refractivity contribution in [3.8, 4) is 10.6 Å². The van der Waals surface area contributed by atoms with E-state index in [1.165, 1.54) is 42.5 Å². The van der Waals surface area contributed by atoms with Crippen molar-refractivity contribution in [2.45, 2.75) is 11.8 Å². The molecule has 0 saturated heterocycles. The van der Waals surface area contributed by atoms with Crippen LogP contribution in [0.25, 0.3) is 20.9 Å². The Hall–Kier alpha value is -3.10. The van der Waals surface area contributed by atoms with Crippen LogP contribution in [0.3, 0.4) is 0 Å². The van der Waals surface area contributed by atoms with Crippen molar-refractivity contribution < 1.29 is 13.2 Å². The zero-order valence-electron chi connectivity index (χ0n) is 14.8. The molecule has 0 bridgehead atoms. The van der Waals surface area contributed by atoms with Gasteiger partial charge in [0.25, 0.3) is 10.0 Å². The molecule has 0 atom stereocenters. The Morgan fingerprint density at radius 3 is 2.54 bits per heavy atom. The summed E-state index contributed by atoms with van der Waals surface area (Å²) in [5, 5.41) is 0.764. The number of hydrogen-bond donors (Lipinski definition) is 1. The number of pyridine rings is 1. The third kappa shape index (κ3) is 3.64. The lowest BCUT2D eigenvalue weighted by Gasteiger charge is -2.09. The van der Waals surface area contributed by atoms with Crippen LogP contribution in [0.15, 0.2) is 71.8 Å². The van der Waals surface area contributed by atoms with Gasteiger partial charge in [0.2, 0.25) is 0 Å². The lowest BCUT2D eigenvalue weighted by atomic mass is 10.2. The summed E-state index contributed by atoms with van der Waals surface area (Å²) in [4.78, 5) is 21.1. The summed E-state index contributed by atoms with van der Waals surface area (Å²) >= 11 is 1.45. The molecule has 0 spiro atoms. The van der Waals surface area contributed by atoms with Crippen molar-refractivity contribution in [1.82, 2.24) is 9.97 Å². The predicted octanol–water partition coefficient (Wildman–Crippen LogP) is 4.36. The summed E-state index contributed by atoms with van der Waals surface area (Å²) in [7, 11) is -3.77. The van der Waals surface area contributed by atoms with Crippen LogP contribution in [0.4, 0.5) is 5.69 Å². The summed E-state index contributed by atoms with van der Waals surface area (Å²) in [5.74, 6) is -0.116. The lowest BCUT2D eigenvalue weighted by molar-refractivity contribution is 0.101. The number of nitrogens with one attached hydrogen (secondary N) is 1. The van der Waals surface area contributed by atoms with Gasteiger partial charge in [-0.1, -0.05) is 35.6 Å². The summed E-state index contributed by atoms with van der Waals surface area (Å²) in [5.41, 5.74) is 2.50. The number of fused-ring (bicyclic) bond motifs is 1. The zero-order valence-corrected chi connectivity index (χ0v) is 16.4. The van der Waals surface area contributed by atoms with Gasteiger partial charge >= 0.3 is 0 Å². The Morgan fingerprint density at radius 1 is 1.04 bits per heavy atom. The van der Waals surface area contributed by atoms with Crippen LogP contribution in [0.5, 0.6) is 0 Å². The van der Waals surface area contributed by atoms with Crippen molar-refractivity contribution in [2.75, 3.05) is 4.72 Å². The fraction of sp³-hybridized carbons (Fsp3) is 0.0500. The second-order valence-electron chi connectivity index (χ2n) is 6.11. The maximum Gasteiger partial charge on any atom is 0.261 e. The molecule has 140 valence electrons. The van der Waals surface area contributed by atoms with Gasteiger partial charge in [0.15, 0.2) is 5.78 Å². The van der Waals surface area contributed by atoms with Crippen LogP contribution in [0, 0.1) is 0 Å². The van der Waals surface area contributed by atoms with E-state index in [-0.39, 0.29) is 10.7 Å². The number of thiazole rings is 1. The molecule has 2 heterocycles. The zero-order chi connectivity index (χ0) is 19.7. The first-order valence-electron chi connectivity index (χ1n) is 8.38. The fourth-order valence-electron chi connectivity index (χ4n) is 2.69. The molecule has 28 heavy (non-hydrogen) atoms. The maximum atomic E-state index is 12.7. The normalized spacial score (nSPS) is 11.5. The first kappa shape index (κ1) is 18.3. The highest BCUT2D eigenvalue weighted by Gasteiger charge is 2.15. The van der Waals surface area contributed by atoms with Crippen LogP contribution in [0.1, 0.15) is 17.3 Å². The minimum absolute atomic E-state index is 0.0899. The van der Waals surface area contributed by atoms with Gasteiger partial charge < -0.3 is 0 Å². The van der Waals surface area contributed by atoms with Crippen molar-refractivity contribution in [3.63, 3.8) is 0 Å². The van der Waals surface area contributed by atoms with Crippen LogP contribution < -0.4 is 4.72 Å². The molecule has 2 aromatic heterocycles. The van der Waals surface area contributed by atoms with Crippen molar-refractivity contribution in [3.05, 3.63) is 72.4 Å². The molecule has 0 aliphatic rings. The van der Waals surface area contributed by atoms with Gasteiger partial charge in [0.05, 0.1) is 4.90 Å². The van der Waals surface area contributed by atoms with Crippen LogP contribution in [0.2, 0.25) is 0 Å². The number of benzene rings is 2. The van der Waals surface area contributed by atoms with Gasteiger partial charge in [-0.05, 0) is 43.3 Å².